The molecule has 2 N–H and O–H groups in total. The van der Waals surface area contributed by atoms with Crippen molar-refractivity contribution in [1.82, 2.24) is 10.2 Å². The normalized spacial score (nSPS) is 26.1. The molecule has 0 bridgehead atoms. The molecule has 0 aromatic rings. The van der Waals surface area contributed by atoms with E-state index in [4.69, 9.17) is 5.11 Å². The zero-order chi connectivity index (χ0) is 12.4. The molecule has 1 saturated carbocycles. The van der Waals surface area contributed by atoms with E-state index < -0.39 is 0 Å². The largest absolute Gasteiger partial charge is 0.394 e. The summed E-state index contributed by atoms with van der Waals surface area (Å²) in [6, 6.07) is 0.202. The number of aliphatic hydroxyl groups excluding tert-OH is 1. The van der Waals surface area contributed by atoms with Crippen molar-refractivity contribution in [3.8, 4) is 0 Å². The van der Waals surface area contributed by atoms with Crippen LogP contribution in [0.25, 0.3) is 0 Å². The van der Waals surface area contributed by atoms with Crippen molar-refractivity contribution in [2.45, 2.75) is 44.7 Å². The predicted octanol–water partition coefficient (Wildman–Crippen LogP) is -0.116. The number of hydrogen-bond donors (Lipinski definition) is 2. The number of hydrogen-bond acceptors (Lipinski definition) is 3. The number of likely N-dealkylation sites (tertiary alicyclic amines) is 1. The molecule has 1 heterocycles. The minimum atomic E-state index is -0.233. The summed E-state index contributed by atoms with van der Waals surface area (Å²) in [5.41, 5.74) is 0. The Morgan fingerprint density at radius 1 is 1.59 bits per heavy atom. The summed E-state index contributed by atoms with van der Waals surface area (Å²) in [6.07, 6.45) is 3.18. The molecule has 0 radical (unpaired) electrons. The third-order valence-corrected chi connectivity index (χ3v) is 3.58. The SMILES string of the molecule is CCC(CO)NC(=O)C1CC(=O)N(C2CC2)C1. The predicted molar refractivity (Wildman–Crippen MR) is 62.1 cm³/mol. The number of nitrogens with one attached hydrogen (secondary N) is 1. The van der Waals surface area contributed by atoms with Crippen LogP contribution in [0.4, 0.5) is 0 Å². The van der Waals surface area contributed by atoms with Gasteiger partial charge in [0.25, 0.3) is 0 Å². The molecular formula is C12H20N2O3. The van der Waals surface area contributed by atoms with Gasteiger partial charge in [0, 0.05) is 19.0 Å². The maximum atomic E-state index is 11.9. The van der Waals surface area contributed by atoms with E-state index in [1.165, 1.54) is 0 Å². The van der Waals surface area contributed by atoms with Crippen molar-refractivity contribution in [2.24, 2.45) is 5.92 Å². The van der Waals surface area contributed by atoms with Crippen molar-refractivity contribution in [1.29, 1.82) is 0 Å². The minimum absolute atomic E-state index is 0.0464. The Morgan fingerprint density at radius 3 is 2.82 bits per heavy atom. The smallest absolute Gasteiger partial charge is 0.225 e. The molecular weight excluding hydrogens is 220 g/mol. The van der Waals surface area contributed by atoms with E-state index in [0.29, 0.717) is 25.4 Å². The first-order valence-corrected chi connectivity index (χ1v) is 6.36. The van der Waals surface area contributed by atoms with E-state index >= 15 is 0 Å². The van der Waals surface area contributed by atoms with E-state index in [0.717, 1.165) is 12.8 Å². The van der Waals surface area contributed by atoms with Crippen LogP contribution in [0.3, 0.4) is 0 Å². The molecule has 17 heavy (non-hydrogen) atoms. The third kappa shape index (κ3) is 2.77. The van der Waals surface area contributed by atoms with E-state index in [9.17, 15) is 9.59 Å². The van der Waals surface area contributed by atoms with Crippen LogP contribution in [0.5, 0.6) is 0 Å². The fraction of sp³-hybridized carbons (Fsp3) is 0.833. The van der Waals surface area contributed by atoms with Gasteiger partial charge >= 0.3 is 0 Å². The number of nitrogens with zero attached hydrogens (tertiary/aromatic N) is 1. The van der Waals surface area contributed by atoms with Crippen molar-refractivity contribution >= 4 is 11.8 Å². The summed E-state index contributed by atoms with van der Waals surface area (Å²) in [7, 11) is 0. The van der Waals surface area contributed by atoms with Gasteiger partial charge in [0.05, 0.1) is 18.6 Å². The van der Waals surface area contributed by atoms with E-state index in [2.05, 4.69) is 5.32 Å². The van der Waals surface area contributed by atoms with Crippen LogP contribution in [0.2, 0.25) is 0 Å². The highest BCUT2D eigenvalue weighted by molar-refractivity contribution is 5.89. The van der Waals surface area contributed by atoms with E-state index in [1.807, 2.05) is 11.8 Å². The Labute approximate surface area is 101 Å². The molecule has 5 nitrogen and oxygen atoms in total. The highest BCUT2D eigenvalue weighted by Gasteiger charge is 2.41. The van der Waals surface area contributed by atoms with E-state index in [1.54, 1.807) is 0 Å². The molecule has 0 aromatic carbocycles. The average Bonchev–Trinajstić information content (AvgIpc) is 3.09. The fourth-order valence-electron chi connectivity index (χ4n) is 2.24. The monoisotopic (exact) mass is 240 g/mol. The van der Waals surface area contributed by atoms with Crippen molar-refractivity contribution < 1.29 is 14.7 Å². The fourth-order valence-corrected chi connectivity index (χ4v) is 2.24. The lowest BCUT2D eigenvalue weighted by Gasteiger charge is -2.18. The number of carbonyl (C=O) groups excluding carboxylic acids is 2. The lowest BCUT2D eigenvalue weighted by molar-refractivity contribution is -0.129. The number of rotatable bonds is 5. The number of amides is 2. The Kier molecular flexibility index (Phi) is 3.66. The molecule has 2 amide bonds. The third-order valence-electron chi connectivity index (χ3n) is 3.58. The first-order chi connectivity index (χ1) is 8.15. The summed E-state index contributed by atoms with van der Waals surface area (Å²) < 4.78 is 0. The van der Waals surface area contributed by atoms with Gasteiger partial charge in [0.1, 0.15) is 0 Å². The molecule has 2 unspecified atom stereocenters. The molecule has 2 aliphatic rings. The van der Waals surface area contributed by atoms with Crippen molar-refractivity contribution in [3.05, 3.63) is 0 Å². The van der Waals surface area contributed by atoms with Crippen LogP contribution >= 0.6 is 0 Å². The second-order valence-electron chi connectivity index (χ2n) is 4.97. The number of carbonyl (C=O) groups is 2. The summed E-state index contributed by atoms with van der Waals surface area (Å²) in [5.74, 6) is -0.226. The minimum Gasteiger partial charge on any atom is -0.394 e. The Balaban J connectivity index is 1.86. The highest BCUT2D eigenvalue weighted by Crippen LogP contribution is 2.32. The summed E-state index contributed by atoms with van der Waals surface area (Å²) >= 11 is 0. The molecule has 2 fully saturated rings. The van der Waals surface area contributed by atoms with Gasteiger partial charge < -0.3 is 15.3 Å². The van der Waals surface area contributed by atoms with Crippen LogP contribution in [-0.4, -0.2) is 47.1 Å². The van der Waals surface area contributed by atoms with Gasteiger partial charge in [-0.05, 0) is 19.3 Å². The van der Waals surface area contributed by atoms with Crippen molar-refractivity contribution in [2.75, 3.05) is 13.2 Å². The standard InChI is InChI=1S/C12H20N2O3/c1-2-9(7-15)13-12(17)8-5-11(16)14(6-8)10-3-4-10/h8-10,15H,2-7H2,1H3,(H,13,17). The Morgan fingerprint density at radius 2 is 2.29 bits per heavy atom. The molecule has 96 valence electrons. The molecule has 2 atom stereocenters. The summed E-state index contributed by atoms with van der Waals surface area (Å²) in [6.45, 7) is 2.42. The summed E-state index contributed by atoms with van der Waals surface area (Å²) in [4.78, 5) is 25.4. The highest BCUT2D eigenvalue weighted by atomic mass is 16.3. The quantitative estimate of drug-likeness (QED) is 0.704. The molecule has 0 aromatic heterocycles. The second kappa shape index (κ2) is 5.04. The van der Waals surface area contributed by atoms with Crippen LogP contribution in [-0.2, 0) is 9.59 Å². The lowest BCUT2D eigenvalue weighted by atomic mass is 10.1. The van der Waals surface area contributed by atoms with Gasteiger partial charge in [-0.25, -0.2) is 0 Å². The average molecular weight is 240 g/mol. The first kappa shape index (κ1) is 12.4. The molecule has 1 saturated heterocycles. The summed E-state index contributed by atoms with van der Waals surface area (Å²) in [5, 5.41) is 11.8. The molecule has 5 heteroatoms. The van der Waals surface area contributed by atoms with Gasteiger partial charge in [0.2, 0.25) is 11.8 Å². The van der Waals surface area contributed by atoms with Gasteiger partial charge in [-0.15, -0.1) is 0 Å². The van der Waals surface area contributed by atoms with E-state index in [-0.39, 0.29) is 30.4 Å². The lowest BCUT2D eigenvalue weighted by Crippen LogP contribution is -2.41. The molecule has 0 spiro atoms. The van der Waals surface area contributed by atoms with Crippen LogP contribution in [0, 0.1) is 5.92 Å². The maximum absolute atomic E-state index is 11.9. The van der Waals surface area contributed by atoms with Gasteiger partial charge in [-0.1, -0.05) is 6.92 Å². The molecule has 1 aliphatic carbocycles. The van der Waals surface area contributed by atoms with Crippen LogP contribution in [0.15, 0.2) is 0 Å². The van der Waals surface area contributed by atoms with Gasteiger partial charge in [-0.2, -0.15) is 0 Å². The van der Waals surface area contributed by atoms with Crippen LogP contribution < -0.4 is 5.32 Å². The zero-order valence-corrected chi connectivity index (χ0v) is 10.2. The number of aliphatic hydroxyl groups is 1. The zero-order valence-electron chi connectivity index (χ0n) is 10.2. The first-order valence-electron chi connectivity index (χ1n) is 6.36. The van der Waals surface area contributed by atoms with Gasteiger partial charge in [0.15, 0.2) is 0 Å². The maximum Gasteiger partial charge on any atom is 0.225 e. The Bertz CT molecular complexity index is 311. The Hall–Kier alpha value is -1.10. The second-order valence-corrected chi connectivity index (χ2v) is 4.97. The van der Waals surface area contributed by atoms with Crippen LogP contribution in [0.1, 0.15) is 32.6 Å². The van der Waals surface area contributed by atoms with Crippen molar-refractivity contribution in [3.63, 3.8) is 0 Å². The topological polar surface area (TPSA) is 69.6 Å². The molecule has 1 aliphatic heterocycles. The van der Waals surface area contributed by atoms with Gasteiger partial charge in [-0.3, -0.25) is 9.59 Å². The molecule has 2 rings (SSSR count).